The Balaban J connectivity index is 1.78. The molecule has 31 heavy (non-hydrogen) atoms. The van der Waals surface area contributed by atoms with Crippen LogP contribution >= 0.6 is 0 Å². The molecule has 6 heteroatoms. The monoisotopic (exact) mass is 425 g/mol. The lowest BCUT2D eigenvalue weighted by Crippen LogP contribution is -2.41. The molecule has 1 heterocycles. The van der Waals surface area contributed by atoms with Gasteiger partial charge in [-0.05, 0) is 82.6 Å². The molecule has 0 spiro atoms. The summed E-state index contributed by atoms with van der Waals surface area (Å²) < 4.78 is 6.75. The van der Waals surface area contributed by atoms with E-state index in [-0.39, 0.29) is 11.9 Å². The van der Waals surface area contributed by atoms with Crippen molar-refractivity contribution in [3.05, 3.63) is 52.8 Å². The number of carbonyl (C=O) groups excluding carboxylic acids is 2. The van der Waals surface area contributed by atoms with Gasteiger partial charge in [0, 0.05) is 24.3 Å². The van der Waals surface area contributed by atoms with Crippen molar-refractivity contribution < 1.29 is 14.3 Å². The molecule has 0 radical (unpaired) electrons. The van der Waals surface area contributed by atoms with Gasteiger partial charge in [-0.1, -0.05) is 26.0 Å². The van der Waals surface area contributed by atoms with E-state index in [0.29, 0.717) is 18.9 Å². The van der Waals surface area contributed by atoms with Gasteiger partial charge in [-0.2, -0.15) is 9.78 Å². The maximum atomic E-state index is 13.3. The minimum atomic E-state index is -0.570. The third-order valence-electron chi connectivity index (χ3n) is 5.73. The summed E-state index contributed by atoms with van der Waals surface area (Å²) >= 11 is 0. The number of hydrogen-bond donors (Lipinski definition) is 0. The van der Waals surface area contributed by atoms with Crippen LogP contribution in [0.5, 0.6) is 0 Å². The lowest BCUT2D eigenvalue weighted by Gasteiger charge is -2.30. The van der Waals surface area contributed by atoms with E-state index in [4.69, 9.17) is 4.74 Å². The summed E-state index contributed by atoms with van der Waals surface area (Å²) in [5.74, 6) is 0.499. The maximum absolute atomic E-state index is 13.3. The van der Waals surface area contributed by atoms with Gasteiger partial charge in [-0.25, -0.2) is 4.79 Å². The molecule has 0 saturated heterocycles. The summed E-state index contributed by atoms with van der Waals surface area (Å²) in [4.78, 5) is 27.7. The Morgan fingerprint density at radius 1 is 1.23 bits per heavy atom. The molecule has 1 aliphatic carbocycles. The Hall–Kier alpha value is -2.63. The number of amides is 1. The number of carbonyl (C=O) groups is 2. The van der Waals surface area contributed by atoms with E-state index in [1.165, 1.54) is 10.2 Å². The topological polar surface area (TPSA) is 64.4 Å². The second-order valence-corrected chi connectivity index (χ2v) is 9.64. The maximum Gasteiger partial charge on any atom is 0.435 e. The Morgan fingerprint density at radius 2 is 1.90 bits per heavy atom. The van der Waals surface area contributed by atoms with Gasteiger partial charge < -0.3 is 9.64 Å². The van der Waals surface area contributed by atoms with E-state index in [9.17, 15) is 9.59 Å². The average Bonchev–Trinajstić information content (AvgIpc) is 3.00. The van der Waals surface area contributed by atoms with Gasteiger partial charge in [0.2, 0.25) is 0 Å². The molecule has 6 nitrogen and oxygen atoms in total. The molecule has 1 aromatic heterocycles. The van der Waals surface area contributed by atoms with Crippen molar-refractivity contribution in [2.75, 3.05) is 6.54 Å². The second-order valence-electron chi connectivity index (χ2n) is 9.64. The normalized spacial score (nSPS) is 16.5. The highest BCUT2D eigenvalue weighted by Gasteiger charge is 2.29. The summed E-state index contributed by atoms with van der Waals surface area (Å²) in [5, 5.41) is 4.48. The summed E-state index contributed by atoms with van der Waals surface area (Å²) in [6.45, 7) is 12.5. The zero-order valence-electron chi connectivity index (χ0n) is 19.6. The summed E-state index contributed by atoms with van der Waals surface area (Å²) in [6.07, 6.45) is 4.66. The molecule has 1 atom stereocenters. The number of hydrogen-bond acceptors (Lipinski definition) is 4. The predicted octanol–water partition coefficient (Wildman–Crippen LogP) is 5.20. The zero-order chi connectivity index (χ0) is 22.8. The minimum Gasteiger partial charge on any atom is -0.442 e. The lowest BCUT2D eigenvalue weighted by atomic mass is 10.00. The molecule has 168 valence electrons. The van der Waals surface area contributed by atoms with Gasteiger partial charge in [0.15, 0.2) is 0 Å². The van der Waals surface area contributed by atoms with E-state index in [0.717, 1.165) is 36.1 Å². The fourth-order valence-corrected chi connectivity index (χ4v) is 4.10. The third-order valence-corrected chi connectivity index (χ3v) is 5.73. The molecule has 0 bridgehead atoms. The largest absolute Gasteiger partial charge is 0.442 e. The Morgan fingerprint density at radius 3 is 2.48 bits per heavy atom. The first-order chi connectivity index (χ1) is 14.6. The molecule has 1 unspecified atom stereocenters. The van der Waals surface area contributed by atoms with Crippen LogP contribution < -0.4 is 0 Å². The number of nitrogens with zero attached hydrogens (tertiary/aromatic N) is 3. The lowest BCUT2D eigenvalue weighted by molar-refractivity contribution is 0.0512. The van der Waals surface area contributed by atoms with Crippen molar-refractivity contribution >= 4 is 12.0 Å². The second kappa shape index (κ2) is 9.25. The molecule has 3 rings (SSSR count). The van der Waals surface area contributed by atoms with E-state index in [1.54, 1.807) is 6.20 Å². The quantitative estimate of drug-likeness (QED) is 0.632. The molecule has 1 aromatic carbocycles. The van der Waals surface area contributed by atoms with Crippen LogP contribution in [-0.4, -0.2) is 44.9 Å². The van der Waals surface area contributed by atoms with E-state index < -0.39 is 11.7 Å². The van der Waals surface area contributed by atoms with Crippen LogP contribution in [0.25, 0.3) is 0 Å². The smallest absolute Gasteiger partial charge is 0.435 e. The van der Waals surface area contributed by atoms with Gasteiger partial charge in [-0.3, -0.25) is 4.79 Å². The van der Waals surface area contributed by atoms with Gasteiger partial charge in [0.25, 0.3) is 5.91 Å². The summed E-state index contributed by atoms with van der Waals surface area (Å²) in [6, 6.07) is 8.04. The van der Waals surface area contributed by atoms with Crippen molar-refractivity contribution in [1.29, 1.82) is 0 Å². The van der Waals surface area contributed by atoms with Gasteiger partial charge in [0.05, 0.1) is 5.69 Å². The van der Waals surface area contributed by atoms with Crippen molar-refractivity contribution in [2.45, 2.75) is 84.8 Å². The Bertz CT molecular complexity index is 922. The molecule has 0 N–H and O–H groups in total. The highest BCUT2D eigenvalue weighted by atomic mass is 16.6. The number of fused-ring (bicyclic) bond motifs is 1. The standard InChI is InChI=1S/C25H35N3O3/c1-7-27(23(29)19-13-11-18(12-14-19)17(2)3)21-9-8-10-22-20(15-21)16-28(26-22)24(30)31-25(4,5)6/h11-14,16-17,21H,7-10,15H2,1-6H3. The first-order valence-corrected chi connectivity index (χ1v) is 11.3. The molecule has 0 saturated carbocycles. The fraction of sp³-hybridized carbons (Fsp3) is 0.560. The number of benzene rings is 1. The minimum absolute atomic E-state index is 0.0609. The van der Waals surface area contributed by atoms with Crippen molar-refractivity contribution in [3.8, 4) is 0 Å². The highest BCUT2D eigenvalue weighted by molar-refractivity contribution is 5.94. The van der Waals surface area contributed by atoms with Crippen LogP contribution in [0.1, 0.15) is 87.5 Å². The molecule has 1 amide bonds. The summed E-state index contributed by atoms with van der Waals surface area (Å²) in [7, 11) is 0. The van der Waals surface area contributed by atoms with Gasteiger partial charge >= 0.3 is 6.09 Å². The van der Waals surface area contributed by atoms with Gasteiger partial charge in [0.1, 0.15) is 5.60 Å². The van der Waals surface area contributed by atoms with Crippen LogP contribution in [0.3, 0.4) is 0 Å². The third kappa shape index (κ3) is 5.54. The first-order valence-electron chi connectivity index (χ1n) is 11.3. The van der Waals surface area contributed by atoms with E-state index in [1.807, 2.05) is 56.9 Å². The molecule has 1 aliphatic rings. The van der Waals surface area contributed by atoms with E-state index >= 15 is 0 Å². The predicted molar refractivity (Wildman–Crippen MR) is 122 cm³/mol. The van der Waals surface area contributed by atoms with Crippen LogP contribution in [-0.2, 0) is 17.6 Å². The SMILES string of the molecule is CCN(C(=O)c1ccc(C(C)C)cc1)C1CCCc2nn(C(=O)OC(C)(C)C)cc2C1. The number of rotatable bonds is 4. The van der Waals surface area contributed by atoms with Gasteiger partial charge in [-0.15, -0.1) is 0 Å². The molecule has 2 aromatic rings. The van der Waals surface area contributed by atoms with Crippen LogP contribution in [0.4, 0.5) is 4.79 Å². The van der Waals surface area contributed by atoms with Crippen molar-refractivity contribution in [2.24, 2.45) is 0 Å². The van der Waals surface area contributed by atoms with Crippen LogP contribution in [0, 0.1) is 0 Å². The summed E-state index contributed by atoms with van der Waals surface area (Å²) in [5.41, 5.74) is 3.33. The fourth-order valence-electron chi connectivity index (χ4n) is 4.10. The molecular weight excluding hydrogens is 390 g/mol. The number of aromatic nitrogens is 2. The van der Waals surface area contributed by atoms with E-state index in [2.05, 4.69) is 18.9 Å². The first kappa shape index (κ1) is 23.0. The van der Waals surface area contributed by atoms with Crippen LogP contribution in [0.2, 0.25) is 0 Å². The Kier molecular flexibility index (Phi) is 6.87. The molecule has 0 fully saturated rings. The highest BCUT2D eigenvalue weighted by Crippen LogP contribution is 2.25. The zero-order valence-corrected chi connectivity index (χ0v) is 19.6. The number of ether oxygens (including phenoxy) is 1. The average molecular weight is 426 g/mol. The molecule has 0 aliphatic heterocycles. The Labute approximate surface area is 185 Å². The van der Waals surface area contributed by atoms with Crippen LogP contribution in [0.15, 0.2) is 30.5 Å². The number of aryl methyl sites for hydroxylation is 1. The molecular formula is C25H35N3O3. The van der Waals surface area contributed by atoms with Crippen molar-refractivity contribution in [3.63, 3.8) is 0 Å². The van der Waals surface area contributed by atoms with Crippen molar-refractivity contribution in [1.82, 2.24) is 14.7 Å². The number of likely N-dealkylation sites (N-methyl/N-ethyl adjacent to an activating group) is 1.